The van der Waals surface area contributed by atoms with Crippen molar-refractivity contribution in [3.63, 3.8) is 0 Å². The summed E-state index contributed by atoms with van der Waals surface area (Å²) in [5.41, 5.74) is 6.05. The molecule has 0 radical (unpaired) electrons. The van der Waals surface area contributed by atoms with Crippen LogP contribution in [-0.4, -0.2) is 11.3 Å². The summed E-state index contributed by atoms with van der Waals surface area (Å²) in [7, 11) is 0. The molecule has 64 valence electrons. The molecule has 0 amide bonds. The van der Waals surface area contributed by atoms with Crippen LogP contribution in [0, 0.1) is 11.2 Å². The van der Waals surface area contributed by atoms with Crippen LogP contribution in [0.3, 0.4) is 0 Å². The van der Waals surface area contributed by atoms with Crippen molar-refractivity contribution in [2.24, 2.45) is 0 Å². The van der Waals surface area contributed by atoms with Crippen LogP contribution < -0.4 is 5.73 Å². The van der Waals surface area contributed by atoms with Crippen molar-refractivity contribution in [2.75, 3.05) is 5.73 Å². The third-order valence-electron chi connectivity index (χ3n) is 1.64. The lowest BCUT2D eigenvalue weighted by Gasteiger charge is -2.05. The van der Waals surface area contributed by atoms with Crippen LogP contribution in [0.15, 0.2) is 12.1 Å². The molecule has 0 spiro atoms. The van der Waals surface area contributed by atoms with Crippen LogP contribution >= 0.6 is 0 Å². The Morgan fingerprint density at radius 2 is 2.25 bits per heavy atom. The lowest BCUT2D eigenvalue weighted by atomic mass is 10.1. The van der Waals surface area contributed by atoms with Crippen LogP contribution in [-0.2, 0) is 6.61 Å². The highest BCUT2D eigenvalue weighted by atomic mass is 19.1. The van der Waals surface area contributed by atoms with Gasteiger partial charge in [0.15, 0.2) is 0 Å². The molecule has 0 fully saturated rings. The fourth-order valence-electron chi connectivity index (χ4n) is 0.940. The number of benzene rings is 1. The predicted octanol–water partition coefficient (Wildman–Crippen LogP) is 0.898. The highest BCUT2D eigenvalue weighted by Crippen LogP contribution is 2.18. The molecule has 0 atom stereocenters. The van der Waals surface area contributed by atoms with E-state index in [9.17, 15) is 4.39 Å². The number of nitrogen functional groups attached to an aromatic ring is 1. The third-order valence-corrected chi connectivity index (χ3v) is 1.64. The van der Waals surface area contributed by atoms with Gasteiger partial charge in [-0.3, -0.25) is 0 Å². The first-order chi connectivity index (χ1) is 5.70. The minimum atomic E-state index is -0.542. The van der Waals surface area contributed by atoms with Gasteiger partial charge in [0.25, 0.3) is 0 Å². The van der Waals surface area contributed by atoms with Crippen molar-refractivity contribution in [2.45, 2.75) is 6.61 Å². The molecule has 0 aliphatic heterocycles. The van der Waals surface area contributed by atoms with E-state index in [2.05, 4.69) is 0 Å². The summed E-state index contributed by atoms with van der Waals surface area (Å²) < 4.78 is 12.9. The second-order valence-corrected chi connectivity index (χ2v) is 2.34. The van der Waals surface area contributed by atoms with E-state index >= 15 is 0 Å². The molecule has 1 aromatic carbocycles. The van der Waals surface area contributed by atoms with Gasteiger partial charge >= 0.3 is 0 Å². The number of nitrogens with one attached hydrogen (secondary N) is 1. The number of aliphatic hydroxyl groups is 1. The van der Waals surface area contributed by atoms with Crippen molar-refractivity contribution >= 4 is 11.9 Å². The zero-order chi connectivity index (χ0) is 9.14. The van der Waals surface area contributed by atoms with Crippen LogP contribution in [0.5, 0.6) is 0 Å². The Morgan fingerprint density at radius 3 is 2.75 bits per heavy atom. The van der Waals surface area contributed by atoms with E-state index in [0.29, 0.717) is 5.56 Å². The molecule has 0 saturated carbocycles. The molecule has 0 aliphatic carbocycles. The maximum Gasteiger partial charge on any atom is 0.134 e. The summed E-state index contributed by atoms with van der Waals surface area (Å²) in [5, 5.41) is 15.6. The Hall–Kier alpha value is -1.42. The predicted molar refractivity (Wildman–Crippen MR) is 44.6 cm³/mol. The number of rotatable bonds is 2. The minimum absolute atomic E-state index is 0.0292. The number of nitrogens with two attached hydrogens (primary N) is 1. The van der Waals surface area contributed by atoms with Gasteiger partial charge in [0.1, 0.15) is 5.82 Å². The molecule has 0 saturated heterocycles. The van der Waals surface area contributed by atoms with Gasteiger partial charge in [-0.25, -0.2) is 4.39 Å². The highest BCUT2D eigenvalue weighted by Gasteiger charge is 2.07. The molecule has 0 aromatic heterocycles. The Balaban J connectivity index is 3.33. The summed E-state index contributed by atoms with van der Waals surface area (Å²) >= 11 is 0. The van der Waals surface area contributed by atoms with Crippen molar-refractivity contribution < 1.29 is 9.50 Å². The number of anilines is 1. The van der Waals surface area contributed by atoms with E-state index in [1.807, 2.05) is 0 Å². The number of aliphatic hydroxyl groups excluding tert-OH is 1. The molecule has 1 aromatic rings. The van der Waals surface area contributed by atoms with E-state index in [1.165, 1.54) is 12.1 Å². The Bertz CT molecular complexity index is 312. The Morgan fingerprint density at radius 1 is 1.58 bits per heavy atom. The average molecular weight is 168 g/mol. The summed E-state index contributed by atoms with van der Waals surface area (Å²) in [6.07, 6.45) is 0.837. The zero-order valence-corrected chi connectivity index (χ0v) is 6.34. The normalized spacial score (nSPS) is 9.83. The van der Waals surface area contributed by atoms with E-state index < -0.39 is 5.82 Å². The Kier molecular flexibility index (Phi) is 2.40. The fourth-order valence-corrected chi connectivity index (χ4v) is 0.940. The van der Waals surface area contributed by atoms with Gasteiger partial charge in [-0.1, -0.05) is 6.07 Å². The molecule has 1 rings (SSSR count). The van der Waals surface area contributed by atoms with Crippen molar-refractivity contribution in [3.8, 4) is 0 Å². The second kappa shape index (κ2) is 3.32. The van der Waals surface area contributed by atoms with E-state index in [1.54, 1.807) is 0 Å². The minimum Gasteiger partial charge on any atom is -0.398 e. The summed E-state index contributed by atoms with van der Waals surface area (Å²) in [4.78, 5) is 0. The molecular formula is C8H9FN2O. The van der Waals surface area contributed by atoms with Crippen molar-refractivity contribution in [1.29, 1.82) is 5.41 Å². The molecule has 3 nitrogen and oxygen atoms in total. The lowest BCUT2D eigenvalue weighted by Crippen LogP contribution is -2.01. The molecular weight excluding hydrogens is 159 g/mol. The lowest BCUT2D eigenvalue weighted by molar-refractivity contribution is 0.282. The molecule has 0 unspecified atom stereocenters. The average Bonchev–Trinajstić information content (AvgIpc) is 2.06. The first kappa shape index (κ1) is 8.67. The van der Waals surface area contributed by atoms with E-state index in [0.717, 1.165) is 6.21 Å². The fraction of sp³-hybridized carbons (Fsp3) is 0.125. The maximum absolute atomic E-state index is 12.9. The summed E-state index contributed by atoms with van der Waals surface area (Å²) in [6, 6.07) is 2.58. The van der Waals surface area contributed by atoms with Gasteiger partial charge in [0.2, 0.25) is 0 Å². The van der Waals surface area contributed by atoms with Gasteiger partial charge in [-0.05, 0) is 6.07 Å². The van der Waals surface area contributed by atoms with Crippen molar-refractivity contribution in [3.05, 3.63) is 29.1 Å². The van der Waals surface area contributed by atoms with Crippen LogP contribution in [0.4, 0.5) is 10.1 Å². The third kappa shape index (κ3) is 1.29. The van der Waals surface area contributed by atoms with Crippen LogP contribution in [0.2, 0.25) is 0 Å². The standard InChI is InChI=1S/C8H9FN2O/c9-7-2-1-5(4-12)8(11)6(7)3-10/h1-3,10,12H,4,11H2. The molecule has 0 bridgehead atoms. The van der Waals surface area contributed by atoms with Crippen LogP contribution in [0.25, 0.3) is 0 Å². The van der Waals surface area contributed by atoms with Gasteiger partial charge in [0, 0.05) is 17.5 Å². The molecule has 0 aliphatic rings. The summed E-state index contributed by atoms with van der Waals surface area (Å²) in [5.74, 6) is -0.542. The van der Waals surface area contributed by atoms with E-state index in [-0.39, 0.29) is 17.9 Å². The molecule has 4 heteroatoms. The van der Waals surface area contributed by atoms with E-state index in [4.69, 9.17) is 16.2 Å². The maximum atomic E-state index is 12.9. The Labute approximate surface area is 69.1 Å². The van der Waals surface area contributed by atoms with Crippen LogP contribution in [0.1, 0.15) is 11.1 Å². The first-order valence-corrected chi connectivity index (χ1v) is 3.39. The monoisotopic (exact) mass is 168 g/mol. The SMILES string of the molecule is N=Cc1c(F)ccc(CO)c1N. The molecule has 4 N–H and O–H groups in total. The zero-order valence-electron chi connectivity index (χ0n) is 6.34. The first-order valence-electron chi connectivity index (χ1n) is 3.39. The second-order valence-electron chi connectivity index (χ2n) is 2.34. The smallest absolute Gasteiger partial charge is 0.134 e. The number of hydrogen-bond acceptors (Lipinski definition) is 3. The molecule has 0 heterocycles. The van der Waals surface area contributed by atoms with Gasteiger partial charge in [0.05, 0.1) is 12.2 Å². The number of halogens is 1. The highest BCUT2D eigenvalue weighted by molar-refractivity contribution is 5.86. The van der Waals surface area contributed by atoms with Crippen molar-refractivity contribution in [1.82, 2.24) is 0 Å². The topological polar surface area (TPSA) is 70.1 Å². The van der Waals surface area contributed by atoms with Gasteiger partial charge in [-0.15, -0.1) is 0 Å². The van der Waals surface area contributed by atoms with Gasteiger partial charge < -0.3 is 16.2 Å². The summed E-state index contributed by atoms with van der Waals surface area (Å²) in [6.45, 7) is -0.243. The molecule has 12 heavy (non-hydrogen) atoms. The number of hydrogen-bond donors (Lipinski definition) is 3. The quantitative estimate of drug-likeness (QED) is 0.453. The largest absolute Gasteiger partial charge is 0.398 e. The van der Waals surface area contributed by atoms with Gasteiger partial charge in [-0.2, -0.15) is 0 Å².